The van der Waals surface area contributed by atoms with E-state index < -0.39 is 64.0 Å². The predicted octanol–water partition coefficient (Wildman–Crippen LogP) is 3.39. The van der Waals surface area contributed by atoms with Crippen LogP contribution in [0, 0.1) is 29.1 Å². The van der Waals surface area contributed by atoms with Crippen molar-refractivity contribution in [2.24, 2.45) is 17.8 Å². The Morgan fingerprint density at radius 2 is 1.86 bits per heavy atom. The molecule has 2 amide bonds. The molecule has 5 rings (SSSR count). The van der Waals surface area contributed by atoms with Gasteiger partial charge >= 0.3 is 12.1 Å². The third kappa shape index (κ3) is 3.39. The van der Waals surface area contributed by atoms with Gasteiger partial charge in [0.05, 0.1) is 51.8 Å². The number of nitriles is 1. The maximum atomic E-state index is 13.5. The van der Waals surface area contributed by atoms with Crippen LogP contribution in [0.15, 0.2) is 42.7 Å². The number of amides is 2. The number of anilines is 1. The zero-order chi connectivity index (χ0) is 26.0. The Balaban J connectivity index is 1.45. The smallest absolute Gasteiger partial charge is 0.417 e. The molecule has 0 spiro atoms. The second-order valence-corrected chi connectivity index (χ2v) is 9.63. The van der Waals surface area contributed by atoms with Gasteiger partial charge in [-0.1, -0.05) is 0 Å². The normalized spacial score (nSPS) is 30.9. The van der Waals surface area contributed by atoms with E-state index in [9.17, 15) is 27.6 Å². The molecule has 1 aromatic heterocycles. The van der Waals surface area contributed by atoms with Gasteiger partial charge < -0.3 is 9.47 Å². The van der Waals surface area contributed by atoms with Crippen molar-refractivity contribution in [3.63, 3.8) is 0 Å². The first-order valence-electron chi connectivity index (χ1n) is 11.2. The number of hydrogen-bond acceptors (Lipinski definition) is 7. The molecule has 2 bridgehead atoms. The first-order chi connectivity index (χ1) is 16.9. The summed E-state index contributed by atoms with van der Waals surface area (Å²) in [6.45, 7) is 3.18. The maximum absolute atomic E-state index is 13.5. The largest absolute Gasteiger partial charge is 0.461 e. The van der Waals surface area contributed by atoms with Gasteiger partial charge in [0, 0.05) is 12.4 Å². The number of esters is 1. The molecular formula is C25H20F3N3O5. The van der Waals surface area contributed by atoms with E-state index in [0.717, 1.165) is 22.6 Å². The average Bonchev–Trinajstić information content (AvgIpc) is 3.37. The fourth-order valence-electron chi connectivity index (χ4n) is 5.86. The topological polar surface area (TPSA) is 110 Å². The number of alkyl halides is 3. The van der Waals surface area contributed by atoms with Gasteiger partial charge in [-0.25, -0.2) is 4.90 Å². The highest BCUT2D eigenvalue weighted by Crippen LogP contribution is 2.63. The predicted molar refractivity (Wildman–Crippen MR) is 116 cm³/mol. The van der Waals surface area contributed by atoms with Crippen LogP contribution in [-0.4, -0.2) is 34.0 Å². The molecule has 3 saturated heterocycles. The number of nitrogens with zero attached hydrogens (tertiary/aromatic N) is 3. The van der Waals surface area contributed by atoms with Crippen molar-refractivity contribution < 1.29 is 37.0 Å². The van der Waals surface area contributed by atoms with Gasteiger partial charge in [0.25, 0.3) is 0 Å². The van der Waals surface area contributed by atoms with E-state index in [4.69, 9.17) is 14.7 Å². The SMILES string of the molecule is C[C@@]12O[C@@](C)(C[C@H]1C(=O)OCc1ccncc1)[C@H]1C(=O)N(c3ccc(C#N)c(C(F)(F)F)c3)C(=O)[C@H]12. The number of rotatable bonds is 4. The number of hydrogen-bond donors (Lipinski definition) is 0. The summed E-state index contributed by atoms with van der Waals surface area (Å²) in [5, 5.41) is 9.06. The van der Waals surface area contributed by atoms with Gasteiger partial charge in [-0.15, -0.1) is 0 Å². The van der Waals surface area contributed by atoms with Crippen LogP contribution in [-0.2, 0) is 36.6 Å². The zero-order valence-electron chi connectivity index (χ0n) is 19.2. The summed E-state index contributed by atoms with van der Waals surface area (Å²) in [4.78, 5) is 44.6. The summed E-state index contributed by atoms with van der Waals surface area (Å²) in [6.07, 6.45) is -1.62. The lowest BCUT2D eigenvalue weighted by Crippen LogP contribution is -2.49. The molecule has 2 aromatic rings. The minimum atomic E-state index is -4.85. The summed E-state index contributed by atoms with van der Waals surface area (Å²) >= 11 is 0. The number of fused-ring (bicyclic) bond motifs is 5. The first kappa shape index (κ1) is 23.9. The van der Waals surface area contributed by atoms with Gasteiger partial charge in [0.2, 0.25) is 11.8 Å². The molecule has 8 nitrogen and oxygen atoms in total. The van der Waals surface area contributed by atoms with Crippen molar-refractivity contribution in [2.75, 3.05) is 4.90 Å². The van der Waals surface area contributed by atoms with Crippen molar-refractivity contribution in [3.8, 4) is 6.07 Å². The Hall–Kier alpha value is -3.78. The Labute approximate surface area is 203 Å². The van der Waals surface area contributed by atoms with E-state index in [0.29, 0.717) is 6.07 Å². The Bertz CT molecular complexity index is 1320. The minimum absolute atomic E-state index is 0.0107. The molecule has 1 aromatic carbocycles. The third-order valence-corrected chi connectivity index (χ3v) is 7.44. The lowest BCUT2D eigenvalue weighted by Gasteiger charge is -2.33. The van der Waals surface area contributed by atoms with Crippen molar-refractivity contribution in [2.45, 2.75) is 44.3 Å². The van der Waals surface area contributed by atoms with Crippen LogP contribution < -0.4 is 4.90 Å². The molecule has 4 heterocycles. The van der Waals surface area contributed by atoms with Crippen LogP contribution in [0.1, 0.15) is 37.0 Å². The monoisotopic (exact) mass is 499 g/mol. The summed E-state index contributed by atoms with van der Waals surface area (Å²) in [7, 11) is 0. The number of benzene rings is 1. The number of pyridine rings is 1. The molecular weight excluding hydrogens is 479 g/mol. The number of halogens is 3. The van der Waals surface area contributed by atoms with Crippen LogP contribution in [0.5, 0.6) is 0 Å². The molecule has 11 heteroatoms. The molecule has 0 N–H and O–H groups in total. The molecule has 5 atom stereocenters. The highest BCUT2D eigenvalue weighted by atomic mass is 19.4. The van der Waals surface area contributed by atoms with Crippen molar-refractivity contribution in [1.29, 1.82) is 5.26 Å². The standard InChI is InChI=1S/C25H20F3N3O5/c1-23-10-17(22(34)35-12-13-5-7-30-8-6-13)24(2,36-23)19-18(23)20(32)31(21(19)33)15-4-3-14(11-29)16(9-15)25(26,27)28/h3-9,17-19H,10,12H2,1-2H3/t17-,18+,19-,23-,24+/m0/s1. The highest BCUT2D eigenvalue weighted by molar-refractivity contribution is 6.23. The number of imide groups is 1. The lowest BCUT2D eigenvalue weighted by atomic mass is 9.64. The Morgan fingerprint density at radius 3 is 2.50 bits per heavy atom. The molecule has 36 heavy (non-hydrogen) atoms. The van der Waals surface area contributed by atoms with E-state index >= 15 is 0 Å². The number of ether oxygens (including phenoxy) is 2. The number of carbonyl (C=O) groups excluding carboxylic acids is 3. The second kappa shape index (κ2) is 7.86. The summed E-state index contributed by atoms with van der Waals surface area (Å²) in [5.41, 5.74) is -3.99. The molecule has 3 fully saturated rings. The van der Waals surface area contributed by atoms with E-state index in [2.05, 4.69) is 4.98 Å². The van der Waals surface area contributed by atoms with Crippen LogP contribution >= 0.6 is 0 Å². The van der Waals surface area contributed by atoms with Crippen LogP contribution in [0.4, 0.5) is 18.9 Å². The fourth-order valence-corrected chi connectivity index (χ4v) is 5.86. The van der Waals surface area contributed by atoms with Gasteiger partial charge in [-0.3, -0.25) is 19.4 Å². The average molecular weight is 499 g/mol. The molecule has 3 aliphatic rings. The maximum Gasteiger partial charge on any atom is 0.417 e. The third-order valence-electron chi connectivity index (χ3n) is 7.44. The van der Waals surface area contributed by atoms with E-state index in [-0.39, 0.29) is 18.7 Å². The summed E-state index contributed by atoms with van der Waals surface area (Å²) in [5.74, 6) is -4.93. The Morgan fingerprint density at radius 1 is 1.19 bits per heavy atom. The second-order valence-electron chi connectivity index (χ2n) is 9.63. The van der Waals surface area contributed by atoms with E-state index in [1.165, 1.54) is 6.07 Å². The molecule has 0 unspecified atom stereocenters. The Kier molecular flexibility index (Phi) is 5.23. The van der Waals surface area contributed by atoms with Gasteiger partial charge in [-0.05, 0) is 56.2 Å². The zero-order valence-corrected chi connectivity index (χ0v) is 19.2. The highest BCUT2D eigenvalue weighted by Gasteiger charge is 2.77. The number of aromatic nitrogens is 1. The van der Waals surface area contributed by atoms with E-state index in [1.54, 1.807) is 38.4 Å². The first-order valence-corrected chi connectivity index (χ1v) is 11.2. The fraction of sp³-hybridized carbons (Fsp3) is 0.400. The van der Waals surface area contributed by atoms with Crippen molar-refractivity contribution in [3.05, 3.63) is 59.4 Å². The summed E-state index contributed by atoms with van der Waals surface area (Å²) in [6, 6.07) is 7.55. The number of carbonyl (C=O) groups is 3. The molecule has 0 aliphatic carbocycles. The van der Waals surface area contributed by atoms with Gasteiger partial charge in [-0.2, -0.15) is 18.4 Å². The van der Waals surface area contributed by atoms with Crippen LogP contribution in [0.25, 0.3) is 0 Å². The summed E-state index contributed by atoms with van der Waals surface area (Å²) < 4.78 is 52.1. The molecule has 0 saturated carbocycles. The molecule has 3 aliphatic heterocycles. The lowest BCUT2D eigenvalue weighted by molar-refractivity contribution is -0.158. The van der Waals surface area contributed by atoms with Gasteiger partial charge in [0.15, 0.2) is 0 Å². The van der Waals surface area contributed by atoms with Crippen molar-refractivity contribution >= 4 is 23.5 Å². The quantitative estimate of drug-likeness (QED) is 0.469. The molecule has 0 radical (unpaired) electrons. The molecule has 186 valence electrons. The van der Waals surface area contributed by atoms with Crippen LogP contribution in [0.2, 0.25) is 0 Å². The van der Waals surface area contributed by atoms with Crippen LogP contribution in [0.3, 0.4) is 0 Å². The van der Waals surface area contributed by atoms with E-state index in [1.807, 2.05) is 0 Å². The van der Waals surface area contributed by atoms with Gasteiger partial charge in [0.1, 0.15) is 6.61 Å². The van der Waals surface area contributed by atoms with Crippen molar-refractivity contribution in [1.82, 2.24) is 4.98 Å². The minimum Gasteiger partial charge on any atom is -0.461 e.